The Kier molecular flexibility index (Phi) is 12.5. The first-order chi connectivity index (χ1) is 21.9. The summed E-state index contributed by atoms with van der Waals surface area (Å²) >= 11 is 0. The van der Waals surface area contributed by atoms with Crippen molar-refractivity contribution >= 4 is 61.0 Å². The molecule has 1 amide bonds. The Morgan fingerprint density at radius 3 is 2.41 bits per heavy atom. The van der Waals surface area contributed by atoms with E-state index in [1.165, 1.54) is 0 Å². The van der Waals surface area contributed by atoms with Crippen LogP contribution in [0.5, 0.6) is 0 Å². The summed E-state index contributed by atoms with van der Waals surface area (Å²) in [5.74, 6) is -3.01. The molecule has 0 radical (unpaired) electrons. The van der Waals surface area contributed by atoms with Crippen molar-refractivity contribution in [2.45, 2.75) is 51.4 Å². The van der Waals surface area contributed by atoms with Gasteiger partial charge in [0.15, 0.2) is 17.0 Å². The third-order valence-electron chi connectivity index (χ3n) is 6.95. The number of fused-ring (bicyclic) bond motifs is 1. The Morgan fingerprint density at radius 1 is 1.09 bits per heavy atom. The van der Waals surface area contributed by atoms with E-state index in [9.17, 15) is 24.3 Å². The van der Waals surface area contributed by atoms with Crippen molar-refractivity contribution in [1.29, 1.82) is 0 Å². The average molecular weight is 655 g/mol. The van der Waals surface area contributed by atoms with Crippen LogP contribution in [0.1, 0.15) is 42.7 Å². The second-order valence-corrected chi connectivity index (χ2v) is 13.8. The number of esters is 1. The first-order valence-corrected chi connectivity index (χ1v) is 16.7. The first-order valence-electron chi connectivity index (χ1n) is 14.4. The maximum absolute atomic E-state index is 12.9. The lowest BCUT2D eigenvalue weighted by atomic mass is 10.1. The van der Waals surface area contributed by atoms with Crippen LogP contribution in [0.3, 0.4) is 0 Å². The number of aromatic nitrogens is 4. The highest BCUT2D eigenvalue weighted by atomic mass is 28.4. The van der Waals surface area contributed by atoms with E-state index in [0.29, 0.717) is 29.8 Å². The molecule has 17 heteroatoms. The minimum absolute atomic E-state index is 0.00560. The number of benzene rings is 1. The lowest BCUT2D eigenvalue weighted by Gasteiger charge is -2.28. The predicted octanol–water partition coefficient (Wildman–Crippen LogP) is 1.95. The lowest BCUT2D eigenvalue weighted by Crippen LogP contribution is -2.44. The molecule has 16 nitrogen and oxygen atoms in total. The summed E-state index contributed by atoms with van der Waals surface area (Å²) in [5, 5.41) is 12.2. The highest BCUT2D eigenvalue weighted by Gasteiger charge is 2.38. The maximum atomic E-state index is 12.9. The summed E-state index contributed by atoms with van der Waals surface area (Å²) in [5.41, 5.74) is 13.7. The molecule has 0 aliphatic carbocycles. The Hall–Kier alpha value is -5.16. The number of ether oxygens (including phenoxy) is 1. The van der Waals surface area contributed by atoms with E-state index in [0.717, 1.165) is 11.8 Å². The summed E-state index contributed by atoms with van der Waals surface area (Å²) < 4.78 is 16.4. The van der Waals surface area contributed by atoms with Crippen LogP contribution in [0.2, 0.25) is 12.1 Å². The SMILES string of the molecule is C=CC(=O)OCCO[Si](CC)(CC)OC(=O)CC[C@H](NC(=O)c1ccc(N(C)Cc2cnc3nc(N)nc(N)c3n2)cc1)C(=O)O. The molecule has 0 bridgehead atoms. The van der Waals surface area contributed by atoms with Crippen molar-refractivity contribution in [1.82, 2.24) is 25.3 Å². The van der Waals surface area contributed by atoms with Crippen molar-refractivity contribution in [3.63, 3.8) is 0 Å². The zero-order valence-electron chi connectivity index (χ0n) is 25.9. The van der Waals surface area contributed by atoms with E-state index in [4.69, 9.17) is 25.1 Å². The van der Waals surface area contributed by atoms with Gasteiger partial charge in [0.05, 0.1) is 25.0 Å². The van der Waals surface area contributed by atoms with Crippen LogP contribution in [-0.4, -0.2) is 83.7 Å². The van der Waals surface area contributed by atoms with Gasteiger partial charge in [0.2, 0.25) is 5.95 Å². The standard InChI is InChI=1S/C29H38N8O8Si/c1-5-22(38)43-14-15-44-46(6-2,7-3)45-23(39)13-12-21(28(41)42)34-27(40)18-8-10-20(11-9-18)37(4)17-19-16-32-26-24(33-19)25(30)35-29(31)36-26/h5,8-11,16,21H,1,6-7,12-15,17H2,2-4H3,(H,34,40)(H,41,42)(H4,30,31,32,35,36)/t21-/m0/s1. The Morgan fingerprint density at radius 2 is 1.78 bits per heavy atom. The van der Waals surface area contributed by atoms with Gasteiger partial charge in [-0.1, -0.05) is 20.4 Å². The van der Waals surface area contributed by atoms with Crippen molar-refractivity contribution < 1.29 is 37.9 Å². The van der Waals surface area contributed by atoms with Gasteiger partial charge in [-0.05, 0) is 42.8 Å². The van der Waals surface area contributed by atoms with Crippen molar-refractivity contribution in [2.24, 2.45) is 0 Å². The number of carbonyl (C=O) groups is 4. The number of anilines is 3. The van der Waals surface area contributed by atoms with Gasteiger partial charge in [-0.25, -0.2) is 19.6 Å². The third kappa shape index (κ3) is 9.67. The van der Waals surface area contributed by atoms with Crippen molar-refractivity contribution in [2.75, 3.05) is 36.6 Å². The molecule has 1 aromatic carbocycles. The molecule has 0 fully saturated rings. The maximum Gasteiger partial charge on any atom is 0.400 e. The second-order valence-electron chi connectivity index (χ2n) is 10.1. The number of hydrogen-bond donors (Lipinski definition) is 4. The molecule has 0 aliphatic rings. The van der Waals surface area contributed by atoms with Gasteiger partial charge in [-0.15, -0.1) is 0 Å². The van der Waals surface area contributed by atoms with Crippen LogP contribution >= 0.6 is 0 Å². The monoisotopic (exact) mass is 654 g/mol. The lowest BCUT2D eigenvalue weighted by molar-refractivity contribution is -0.142. The molecule has 3 rings (SSSR count). The highest BCUT2D eigenvalue weighted by Crippen LogP contribution is 2.21. The molecule has 0 spiro atoms. The minimum atomic E-state index is -2.96. The molecular weight excluding hydrogens is 616 g/mol. The number of rotatable bonds is 17. The fourth-order valence-electron chi connectivity index (χ4n) is 4.34. The summed E-state index contributed by atoms with van der Waals surface area (Å²) in [6.45, 7) is 7.33. The summed E-state index contributed by atoms with van der Waals surface area (Å²) in [6, 6.07) is 6.08. The number of carboxylic acid groups (broad SMARTS) is 1. The zero-order valence-corrected chi connectivity index (χ0v) is 26.9. The normalized spacial score (nSPS) is 11.8. The number of nitrogen functional groups attached to an aromatic ring is 2. The molecule has 2 aromatic heterocycles. The fourth-order valence-corrected chi connectivity index (χ4v) is 6.57. The first kappa shape index (κ1) is 35.3. The molecule has 0 aliphatic heterocycles. The quantitative estimate of drug-likeness (QED) is 0.0704. The molecule has 46 heavy (non-hydrogen) atoms. The predicted molar refractivity (Wildman–Crippen MR) is 171 cm³/mol. The zero-order chi connectivity index (χ0) is 33.9. The molecule has 0 saturated heterocycles. The molecule has 1 atom stereocenters. The summed E-state index contributed by atoms with van der Waals surface area (Å²) in [7, 11) is -1.14. The van der Waals surface area contributed by atoms with Gasteiger partial charge < -0.3 is 40.4 Å². The molecule has 0 unspecified atom stereocenters. The number of hydrogen-bond acceptors (Lipinski definition) is 14. The van der Waals surface area contributed by atoms with Gasteiger partial charge in [-0.3, -0.25) is 9.59 Å². The van der Waals surface area contributed by atoms with E-state index in [1.54, 1.807) is 30.5 Å². The molecule has 2 heterocycles. The van der Waals surface area contributed by atoms with Gasteiger partial charge in [-0.2, -0.15) is 9.97 Å². The average Bonchev–Trinajstić information content (AvgIpc) is 3.04. The summed E-state index contributed by atoms with van der Waals surface area (Å²) in [6.07, 6.45) is 2.14. The van der Waals surface area contributed by atoms with Crippen molar-refractivity contribution in [3.8, 4) is 0 Å². The number of carboxylic acids is 1. The molecule has 3 aromatic rings. The van der Waals surface area contributed by atoms with E-state index in [1.807, 2.05) is 25.8 Å². The number of nitrogens with one attached hydrogen (secondary N) is 1. The van der Waals surface area contributed by atoms with Gasteiger partial charge >= 0.3 is 20.5 Å². The third-order valence-corrected chi connectivity index (χ3v) is 10.4. The topological polar surface area (TPSA) is 235 Å². The van der Waals surface area contributed by atoms with E-state index < -0.39 is 38.4 Å². The smallest absolute Gasteiger partial charge is 0.400 e. The van der Waals surface area contributed by atoms with Crippen LogP contribution in [0.15, 0.2) is 43.1 Å². The molecular formula is C29H38N8O8Si. The van der Waals surface area contributed by atoms with Gasteiger partial charge in [0.25, 0.3) is 11.9 Å². The van der Waals surface area contributed by atoms with E-state index >= 15 is 0 Å². The Labute approximate surface area is 266 Å². The van der Waals surface area contributed by atoms with Gasteiger partial charge in [0.1, 0.15) is 12.6 Å². The Bertz CT molecular complexity index is 1570. The van der Waals surface area contributed by atoms with Crippen molar-refractivity contribution in [3.05, 3.63) is 54.4 Å². The molecule has 6 N–H and O–H groups in total. The van der Waals surface area contributed by atoms with Gasteiger partial charge in [0, 0.05) is 30.8 Å². The fraction of sp³-hybridized carbons (Fsp3) is 0.379. The number of amides is 1. The van der Waals surface area contributed by atoms with Crippen LogP contribution in [0.25, 0.3) is 11.2 Å². The number of aliphatic carboxylic acids is 1. The minimum Gasteiger partial charge on any atom is -0.494 e. The van der Waals surface area contributed by atoms with Crippen LogP contribution in [0, 0.1) is 0 Å². The van der Waals surface area contributed by atoms with E-state index in [-0.39, 0.29) is 49.0 Å². The molecule has 246 valence electrons. The Balaban J connectivity index is 1.55. The largest absolute Gasteiger partial charge is 0.494 e. The van der Waals surface area contributed by atoms with Crippen LogP contribution < -0.4 is 21.7 Å². The number of carbonyl (C=O) groups excluding carboxylic acids is 3. The highest BCUT2D eigenvalue weighted by molar-refractivity contribution is 6.68. The van der Waals surface area contributed by atoms with E-state index in [2.05, 4.69) is 31.8 Å². The van der Waals surface area contributed by atoms with Crippen LogP contribution in [0.4, 0.5) is 17.5 Å². The summed E-state index contributed by atoms with van der Waals surface area (Å²) in [4.78, 5) is 67.2. The molecule has 0 saturated carbocycles. The number of nitrogens with zero attached hydrogens (tertiary/aromatic N) is 5. The van der Waals surface area contributed by atoms with Crippen LogP contribution in [-0.2, 0) is 34.5 Å². The second kappa shape index (κ2) is 16.2. The number of nitrogens with two attached hydrogens (primary N) is 2.